The summed E-state index contributed by atoms with van der Waals surface area (Å²) in [6.07, 6.45) is 0. The van der Waals surface area contributed by atoms with Crippen molar-refractivity contribution in [2.75, 3.05) is 0 Å². The Morgan fingerprint density at radius 2 is 1.62 bits per heavy atom. The van der Waals surface area contributed by atoms with Gasteiger partial charge in [0.1, 0.15) is 0 Å². The number of rotatable bonds is 1. The lowest BCUT2D eigenvalue weighted by molar-refractivity contribution is 1.64. The Kier molecular flexibility index (Phi) is 3.19. The minimum absolute atomic E-state index is 0.983. The van der Waals surface area contributed by atoms with Crippen molar-refractivity contribution in [3.63, 3.8) is 0 Å². The van der Waals surface area contributed by atoms with Gasteiger partial charge >= 0.3 is 0 Å². The number of hydrogen-bond donors (Lipinski definition) is 0. The lowest BCUT2D eigenvalue weighted by atomic mass is 10.2. The molecule has 0 nitrogen and oxygen atoms in total. The molecule has 0 amide bonds. The van der Waals surface area contributed by atoms with Gasteiger partial charge in [-0.15, -0.1) is 0 Å². The number of hydrogen-bond acceptors (Lipinski definition) is 0. The highest BCUT2D eigenvalue weighted by molar-refractivity contribution is 6.88. The van der Waals surface area contributed by atoms with Gasteiger partial charge in [-0.3, -0.25) is 0 Å². The molecule has 1 aromatic rings. The van der Waals surface area contributed by atoms with E-state index in [9.17, 15) is 0 Å². The number of benzene rings is 1. The van der Waals surface area contributed by atoms with Gasteiger partial charge in [-0.2, -0.15) is 0 Å². The molecule has 0 aliphatic carbocycles. The van der Waals surface area contributed by atoms with Crippen LogP contribution in [-0.2, 0) is 0 Å². The minimum atomic E-state index is -1.16. The predicted octanol–water partition coefficient (Wildman–Crippen LogP) is 2.78. The molecule has 68 valence electrons. The first-order chi connectivity index (χ1) is 6.04. The smallest absolute Gasteiger partial charge is 0.0656 e. The van der Waals surface area contributed by atoms with E-state index in [0.29, 0.717) is 0 Å². The fourth-order valence-corrected chi connectivity index (χ4v) is 2.38. The monoisotopic (exact) mass is 208 g/mol. The zero-order valence-corrected chi connectivity index (χ0v) is 9.94. The van der Waals surface area contributed by atoms with Crippen molar-refractivity contribution >= 4 is 24.9 Å². The molecule has 0 bridgehead atoms. The van der Waals surface area contributed by atoms with Crippen molar-refractivity contribution in [3.05, 3.63) is 29.8 Å². The van der Waals surface area contributed by atoms with Crippen LogP contribution in [0.3, 0.4) is 0 Å². The third-order valence-electron chi connectivity index (χ3n) is 1.94. The van der Waals surface area contributed by atoms with Crippen molar-refractivity contribution < 1.29 is 0 Å². The van der Waals surface area contributed by atoms with E-state index in [-0.39, 0.29) is 0 Å². The van der Waals surface area contributed by atoms with Crippen LogP contribution in [0.25, 0.3) is 0 Å². The van der Waals surface area contributed by atoms with Crippen molar-refractivity contribution in [3.8, 4) is 11.3 Å². The summed E-state index contributed by atoms with van der Waals surface area (Å²) in [4.78, 5) is 0. The Morgan fingerprint density at radius 3 is 2.00 bits per heavy atom. The van der Waals surface area contributed by atoms with Gasteiger partial charge in [-0.05, 0) is 29.7 Å². The van der Waals surface area contributed by atoms with Gasteiger partial charge in [-0.25, -0.2) is 0 Å². The van der Waals surface area contributed by atoms with Crippen molar-refractivity contribution in [1.82, 2.24) is 0 Å². The first-order valence-electron chi connectivity index (χ1n) is 4.26. The summed E-state index contributed by atoms with van der Waals surface area (Å²) < 4.78 is 0. The maximum atomic E-state index is 5.31. The molecule has 1 rings (SSSR count). The highest BCUT2D eigenvalue weighted by atomic mass is 35.5. The average molecular weight is 209 g/mol. The lowest BCUT2D eigenvalue weighted by Gasteiger charge is -2.15. The van der Waals surface area contributed by atoms with Crippen LogP contribution in [0.1, 0.15) is 5.56 Å². The molecule has 0 aromatic heterocycles. The van der Waals surface area contributed by atoms with E-state index in [0.717, 1.165) is 5.56 Å². The largest absolute Gasteiger partial charge is 0.0775 e. The highest BCUT2D eigenvalue weighted by Crippen LogP contribution is 2.03. The van der Waals surface area contributed by atoms with Crippen molar-refractivity contribution in [1.29, 1.82) is 0 Å². The molecular formula is C11H13ClSi. The third-order valence-corrected chi connectivity index (χ3v) is 4.10. The summed E-state index contributed by atoms with van der Waals surface area (Å²) in [5.41, 5.74) is 0.983. The zero-order valence-electron chi connectivity index (χ0n) is 8.19. The maximum absolute atomic E-state index is 5.31. The van der Waals surface area contributed by atoms with Crippen LogP contribution in [0.2, 0.25) is 19.6 Å². The van der Waals surface area contributed by atoms with E-state index < -0.39 is 8.07 Å². The van der Waals surface area contributed by atoms with Gasteiger partial charge in [0, 0.05) is 10.9 Å². The minimum Gasteiger partial charge on any atom is -0.0656 e. The molecule has 0 aliphatic rings. The Morgan fingerprint density at radius 1 is 1.08 bits per heavy atom. The Labute approximate surface area is 85.9 Å². The second kappa shape index (κ2) is 4.00. The number of halogens is 1. The molecule has 0 radical (unpaired) electrons. The molecule has 13 heavy (non-hydrogen) atoms. The zero-order chi connectivity index (χ0) is 9.90. The van der Waals surface area contributed by atoms with Crippen LogP contribution in [0.15, 0.2) is 24.3 Å². The topological polar surface area (TPSA) is 0 Å². The average Bonchev–Trinajstić information content (AvgIpc) is 2.04. The summed E-state index contributed by atoms with van der Waals surface area (Å²) in [7, 11) is -1.16. The van der Waals surface area contributed by atoms with Crippen LogP contribution in [-0.4, -0.2) is 8.07 Å². The molecule has 0 N–H and O–H groups in total. The molecule has 0 spiro atoms. The first kappa shape index (κ1) is 10.4. The first-order valence-corrected chi connectivity index (χ1v) is 8.14. The van der Waals surface area contributed by atoms with E-state index in [2.05, 4.69) is 43.1 Å². The fourth-order valence-electron chi connectivity index (χ4n) is 1.11. The Hall–Kier alpha value is -0.713. The van der Waals surface area contributed by atoms with Gasteiger partial charge < -0.3 is 0 Å². The van der Waals surface area contributed by atoms with Gasteiger partial charge in [0.25, 0.3) is 0 Å². The third kappa shape index (κ3) is 2.91. The maximum Gasteiger partial charge on any atom is 0.0775 e. The highest BCUT2D eigenvalue weighted by Gasteiger charge is 2.15. The molecule has 0 fully saturated rings. The predicted molar refractivity (Wildman–Crippen MR) is 62.2 cm³/mol. The molecular weight excluding hydrogens is 196 g/mol. The Balaban J connectivity index is 2.98. The molecule has 0 saturated heterocycles. The quantitative estimate of drug-likeness (QED) is 0.492. The van der Waals surface area contributed by atoms with Crippen molar-refractivity contribution in [2.24, 2.45) is 0 Å². The molecule has 0 atom stereocenters. The Bertz CT molecular complexity index is 335. The van der Waals surface area contributed by atoms with E-state index >= 15 is 0 Å². The molecule has 0 saturated carbocycles. The van der Waals surface area contributed by atoms with Gasteiger partial charge in [0.2, 0.25) is 0 Å². The molecule has 1 aromatic carbocycles. The van der Waals surface area contributed by atoms with Crippen molar-refractivity contribution in [2.45, 2.75) is 19.6 Å². The normalized spacial score (nSPS) is 10.5. The van der Waals surface area contributed by atoms with Gasteiger partial charge in [0.15, 0.2) is 0 Å². The summed E-state index contributed by atoms with van der Waals surface area (Å²) >= 11 is 5.31. The van der Waals surface area contributed by atoms with Crippen LogP contribution in [0, 0.1) is 11.3 Å². The summed E-state index contributed by atoms with van der Waals surface area (Å²) in [5, 5.41) is 3.83. The molecule has 0 heterocycles. The van der Waals surface area contributed by atoms with Gasteiger partial charge in [-0.1, -0.05) is 37.0 Å². The van der Waals surface area contributed by atoms with Gasteiger partial charge in [0.05, 0.1) is 8.07 Å². The summed E-state index contributed by atoms with van der Waals surface area (Å²) in [6, 6.07) is 8.37. The molecule has 2 heteroatoms. The van der Waals surface area contributed by atoms with E-state index in [1.54, 1.807) is 0 Å². The molecule has 0 aliphatic heterocycles. The van der Waals surface area contributed by atoms with E-state index in [4.69, 9.17) is 11.6 Å². The van der Waals surface area contributed by atoms with Crippen LogP contribution >= 0.6 is 11.6 Å². The summed E-state index contributed by atoms with van der Waals surface area (Å²) in [5.74, 6) is 2.82. The van der Waals surface area contributed by atoms with Crippen LogP contribution in [0.5, 0.6) is 0 Å². The van der Waals surface area contributed by atoms with Crippen LogP contribution < -0.4 is 5.19 Å². The second-order valence-corrected chi connectivity index (χ2v) is 9.31. The second-order valence-electron chi connectivity index (χ2n) is 4.05. The fraction of sp³-hybridized carbons (Fsp3) is 0.273. The van der Waals surface area contributed by atoms with Crippen LogP contribution in [0.4, 0.5) is 0 Å². The standard InChI is InChI=1S/C11H13ClSi/c1-13(2,3)11-6-4-10(5-7-11)8-9-12/h4-7H,1-3H3. The molecule has 0 unspecified atom stereocenters. The van der Waals surface area contributed by atoms with E-state index in [1.807, 2.05) is 12.1 Å². The lowest BCUT2D eigenvalue weighted by Crippen LogP contribution is -2.37. The SMILES string of the molecule is C[Si](C)(C)c1ccc(C#CCl)cc1. The summed E-state index contributed by atoms with van der Waals surface area (Å²) in [6.45, 7) is 6.99. The van der Waals surface area contributed by atoms with E-state index in [1.165, 1.54) is 5.19 Å².